The monoisotopic (exact) mass is 344 g/mol. The molecular weight excluding hydrogens is 324 g/mol. The first-order valence-electron chi connectivity index (χ1n) is 7.84. The lowest BCUT2D eigenvalue weighted by Crippen LogP contribution is -2.34. The molecule has 0 saturated carbocycles. The highest BCUT2D eigenvalue weighted by Gasteiger charge is 2.24. The summed E-state index contributed by atoms with van der Waals surface area (Å²) in [7, 11) is -3.28. The van der Waals surface area contributed by atoms with Gasteiger partial charge in [-0.05, 0) is 55.2 Å². The molecule has 0 saturated heterocycles. The van der Waals surface area contributed by atoms with Crippen LogP contribution in [0.4, 0.5) is 11.4 Å². The molecule has 6 heteroatoms. The Morgan fingerprint density at radius 1 is 1.17 bits per heavy atom. The predicted octanol–water partition coefficient (Wildman–Crippen LogP) is 2.96. The van der Waals surface area contributed by atoms with Gasteiger partial charge in [0.15, 0.2) is 0 Å². The molecule has 126 valence electrons. The zero-order valence-electron chi connectivity index (χ0n) is 13.7. The van der Waals surface area contributed by atoms with Crippen molar-refractivity contribution in [2.24, 2.45) is 0 Å². The van der Waals surface area contributed by atoms with Gasteiger partial charge in [0.05, 0.1) is 11.9 Å². The molecule has 1 aliphatic rings. The number of carbonyl (C=O) groups is 1. The minimum Gasteiger partial charge on any atom is -0.322 e. The lowest BCUT2D eigenvalue weighted by atomic mass is 10.0. The largest absolute Gasteiger partial charge is 0.322 e. The second-order valence-corrected chi connectivity index (χ2v) is 7.96. The van der Waals surface area contributed by atoms with Crippen molar-refractivity contribution < 1.29 is 13.2 Å². The van der Waals surface area contributed by atoms with Gasteiger partial charge in [0.1, 0.15) is 0 Å². The molecule has 5 nitrogen and oxygen atoms in total. The van der Waals surface area contributed by atoms with Crippen LogP contribution in [0.15, 0.2) is 42.5 Å². The van der Waals surface area contributed by atoms with Crippen LogP contribution in [0.1, 0.15) is 27.9 Å². The lowest BCUT2D eigenvalue weighted by Gasteiger charge is -2.29. The highest BCUT2D eigenvalue weighted by molar-refractivity contribution is 7.92. The third-order valence-corrected chi connectivity index (χ3v) is 5.38. The molecule has 1 amide bonds. The van der Waals surface area contributed by atoms with E-state index in [9.17, 15) is 13.2 Å². The second kappa shape index (κ2) is 6.28. The molecule has 24 heavy (non-hydrogen) atoms. The summed E-state index contributed by atoms with van der Waals surface area (Å²) in [6.45, 7) is 2.40. The van der Waals surface area contributed by atoms with Crippen LogP contribution in [-0.4, -0.2) is 27.1 Å². The summed E-state index contributed by atoms with van der Waals surface area (Å²) < 4.78 is 25.2. The van der Waals surface area contributed by atoms with Crippen molar-refractivity contribution >= 4 is 27.3 Å². The number of fused-ring (bicyclic) bond motifs is 1. The zero-order valence-corrected chi connectivity index (χ0v) is 14.6. The molecule has 0 fully saturated rings. The van der Waals surface area contributed by atoms with Crippen LogP contribution in [0, 0.1) is 6.92 Å². The van der Waals surface area contributed by atoms with Gasteiger partial charge in [-0.2, -0.15) is 0 Å². The Kier molecular flexibility index (Phi) is 4.32. The number of hydrogen-bond donors (Lipinski definition) is 1. The first-order valence-corrected chi connectivity index (χ1v) is 9.69. The standard InChI is InChI=1S/C18H20N2O3S/c1-13-6-3-4-8-16(13)18(21)19-15-9-10-17-14(12-15)7-5-11-20(17)24(2,22)23/h3-4,6,8-10,12H,5,7,11H2,1-2H3,(H,19,21). The van der Waals surface area contributed by atoms with E-state index < -0.39 is 10.0 Å². The van der Waals surface area contributed by atoms with Crippen molar-refractivity contribution in [3.8, 4) is 0 Å². The molecule has 0 unspecified atom stereocenters. The maximum absolute atomic E-state index is 12.4. The number of benzene rings is 2. The number of amides is 1. The molecular formula is C18H20N2O3S. The van der Waals surface area contributed by atoms with Gasteiger partial charge in [0.2, 0.25) is 10.0 Å². The number of carbonyl (C=O) groups excluding carboxylic acids is 1. The molecule has 0 aromatic heterocycles. The van der Waals surface area contributed by atoms with Crippen LogP contribution < -0.4 is 9.62 Å². The Morgan fingerprint density at radius 2 is 1.92 bits per heavy atom. The number of aryl methyl sites for hydroxylation is 2. The van der Waals surface area contributed by atoms with Crippen LogP contribution in [0.5, 0.6) is 0 Å². The van der Waals surface area contributed by atoms with Gasteiger partial charge in [0, 0.05) is 17.8 Å². The molecule has 2 aromatic rings. The number of nitrogens with one attached hydrogen (secondary N) is 1. The van der Waals surface area contributed by atoms with Gasteiger partial charge < -0.3 is 5.32 Å². The van der Waals surface area contributed by atoms with Gasteiger partial charge in [0.25, 0.3) is 5.91 Å². The summed E-state index contributed by atoms with van der Waals surface area (Å²) in [4.78, 5) is 12.4. The van der Waals surface area contributed by atoms with E-state index in [-0.39, 0.29) is 5.91 Å². The Labute approximate surface area is 142 Å². The van der Waals surface area contributed by atoms with E-state index in [1.54, 1.807) is 18.2 Å². The molecule has 1 aliphatic heterocycles. The average Bonchev–Trinajstić information content (AvgIpc) is 2.53. The topological polar surface area (TPSA) is 66.5 Å². The van der Waals surface area contributed by atoms with Crippen molar-refractivity contribution in [1.82, 2.24) is 0 Å². The molecule has 2 aromatic carbocycles. The van der Waals surface area contributed by atoms with Gasteiger partial charge in [-0.3, -0.25) is 9.10 Å². The zero-order chi connectivity index (χ0) is 17.3. The summed E-state index contributed by atoms with van der Waals surface area (Å²) in [6, 6.07) is 12.8. The lowest BCUT2D eigenvalue weighted by molar-refractivity contribution is 0.102. The molecule has 0 radical (unpaired) electrons. The quantitative estimate of drug-likeness (QED) is 0.931. The molecule has 1 N–H and O–H groups in total. The van der Waals surface area contributed by atoms with Crippen molar-refractivity contribution in [2.75, 3.05) is 22.4 Å². The van der Waals surface area contributed by atoms with Gasteiger partial charge in [-0.1, -0.05) is 18.2 Å². The third-order valence-electron chi connectivity index (χ3n) is 4.20. The molecule has 0 spiro atoms. The summed E-state index contributed by atoms with van der Waals surface area (Å²) >= 11 is 0. The summed E-state index contributed by atoms with van der Waals surface area (Å²) in [5.74, 6) is -0.163. The maximum Gasteiger partial charge on any atom is 0.255 e. The highest BCUT2D eigenvalue weighted by atomic mass is 32.2. The van der Waals surface area contributed by atoms with Gasteiger partial charge in [-0.25, -0.2) is 8.42 Å². The van der Waals surface area contributed by atoms with E-state index in [1.807, 2.05) is 31.2 Å². The van der Waals surface area contributed by atoms with Crippen LogP contribution in [0.25, 0.3) is 0 Å². The van der Waals surface area contributed by atoms with Crippen LogP contribution in [0.3, 0.4) is 0 Å². The van der Waals surface area contributed by atoms with E-state index in [1.165, 1.54) is 10.6 Å². The Hall–Kier alpha value is -2.34. The minimum atomic E-state index is -3.28. The number of rotatable bonds is 3. The first kappa shape index (κ1) is 16.5. The van der Waals surface area contributed by atoms with Crippen molar-refractivity contribution in [3.05, 3.63) is 59.2 Å². The Bertz CT molecular complexity index is 891. The van der Waals surface area contributed by atoms with Gasteiger partial charge in [-0.15, -0.1) is 0 Å². The molecule has 0 bridgehead atoms. The fourth-order valence-corrected chi connectivity index (χ4v) is 4.01. The summed E-state index contributed by atoms with van der Waals surface area (Å²) in [5.41, 5.74) is 3.87. The van der Waals surface area contributed by atoms with Gasteiger partial charge >= 0.3 is 0 Å². The normalized spacial score (nSPS) is 14.2. The second-order valence-electron chi connectivity index (χ2n) is 6.05. The van der Waals surface area contributed by atoms with Crippen LogP contribution >= 0.6 is 0 Å². The summed E-state index contributed by atoms with van der Waals surface area (Å²) in [5, 5.41) is 2.90. The van der Waals surface area contributed by atoms with E-state index in [0.29, 0.717) is 23.5 Å². The SMILES string of the molecule is Cc1ccccc1C(=O)Nc1ccc2c(c1)CCCN2S(C)(=O)=O. The number of anilines is 2. The van der Waals surface area contributed by atoms with Crippen LogP contribution in [0.2, 0.25) is 0 Å². The summed E-state index contributed by atoms with van der Waals surface area (Å²) in [6.07, 6.45) is 2.79. The van der Waals surface area contributed by atoms with E-state index in [0.717, 1.165) is 24.0 Å². The van der Waals surface area contributed by atoms with Crippen molar-refractivity contribution in [2.45, 2.75) is 19.8 Å². The fourth-order valence-electron chi connectivity index (χ4n) is 3.01. The first-order chi connectivity index (χ1) is 11.4. The maximum atomic E-state index is 12.4. The number of sulfonamides is 1. The van der Waals surface area contributed by atoms with E-state index in [2.05, 4.69) is 5.32 Å². The predicted molar refractivity (Wildman–Crippen MR) is 96.1 cm³/mol. The third kappa shape index (κ3) is 3.28. The van der Waals surface area contributed by atoms with Crippen molar-refractivity contribution in [1.29, 1.82) is 0 Å². The molecule has 1 heterocycles. The number of hydrogen-bond acceptors (Lipinski definition) is 3. The molecule has 0 atom stereocenters. The van der Waals surface area contributed by atoms with Crippen molar-refractivity contribution in [3.63, 3.8) is 0 Å². The van der Waals surface area contributed by atoms with E-state index in [4.69, 9.17) is 0 Å². The minimum absolute atomic E-state index is 0.163. The highest BCUT2D eigenvalue weighted by Crippen LogP contribution is 2.31. The van der Waals surface area contributed by atoms with E-state index >= 15 is 0 Å². The fraction of sp³-hybridized carbons (Fsp3) is 0.278. The smallest absolute Gasteiger partial charge is 0.255 e. The van der Waals surface area contributed by atoms with Crippen LogP contribution in [-0.2, 0) is 16.4 Å². The Balaban J connectivity index is 1.87. The average molecular weight is 344 g/mol. The molecule has 3 rings (SSSR count). The number of nitrogens with zero attached hydrogens (tertiary/aromatic N) is 1. The Morgan fingerprint density at radius 3 is 2.62 bits per heavy atom. The molecule has 0 aliphatic carbocycles.